The topological polar surface area (TPSA) is 63.8 Å². The molecule has 0 saturated heterocycles. The molecule has 1 N–H and O–H groups in total. The highest BCUT2D eigenvalue weighted by molar-refractivity contribution is 5.52. The summed E-state index contributed by atoms with van der Waals surface area (Å²) in [5.74, 6) is 1.28. The quantitative estimate of drug-likeness (QED) is 0.766. The lowest BCUT2D eigenvalue weighted by Gasteiger charge is -1.95. The van der Waals surface area contributed by atoms with Gasteiger partial charge in [-0.05, 0) is 18.7 Å². The van der Waals surface area contributed by atoms with Gasteiger partial charge in [0, 0.05) is 30.9 Å². The molecule has 0 amide bonds. The number of aromatic nitrogens is 3. The molecule has 2 rings (SSSR count). The third kappa shape index (κ3) is 2.64. The number of pyridine rings is 1. The Balaban J connectivity index is 2.02. The van der Waals surface area contributed by atoms with Crippen LogP contribution in [-0.4, -0.2) is 28.2 Å². The molecule has 0 aliphatic heterocycles. The summed E-state index contributed by atoms with van der Waals surface area (Å²) in [7, 11) is 0. The Morgan fingerprint density at radius 1 is 1.31 bits per heavy atom. The second-order valence-electron chi connectivity index (χ2n) is 3.35. The standard InChI is InChI=1S/C11H14N4O/c1-2-12-8-5-10-14-11(15-16-10)9-3-6-13-7-4-9/h3-4,6-7,12H,2,5,8H2,1H3. The highest BCUT2D eigenvalue weighted by Crippen LogP contribution is 2.13. The molecule has 0 fully saturated rings. The number of likely N-dealkylation sites (N-methyl/N-ethyl adjacent to an activating group) is 1. The monoisotopic (exact) mass is 218 g/mol. The van der Waals surface area contributed by atoms with Crippen molar-refractivity contribution in [3.8, 4) is 11.4 Å². The summed E-state index contributed by atoms with van der Waals surface area (Å²) in [4.78, 5) is 8.25. The van der Waals surface area contributed by atoms with Crippen LogP contribution in [0.5, 0.6) is 0 Å². The van der Waals surface area contributed by atoms with Gasteiger partial charge in [0.25, 0.3) is 0 Å². The lowest BCUT2D eigenvalue weighted by Crippen LogP contribution is -2.16. The van der Waals surface area contributed by atoms with Gasteiger partial charge in [-0.3, -0.25) is 4.98 Å². The van der Waals surface area contributed by atoms with Crippen LogP contribution < -0.4 is 5.32 Å². The maximum atomic E-state index is 5.14. The van der Waals surface area contributed by atoms with E-state index < -0.39 is 0 Å². The molecule has 2 heterocycles. The second-order valence-corrected chi connectivity index (χ2v) is 3.35. The van der Waals surface area contributed by atoms with E-state index in [2.05, 4.69) is 27.4 Å². The van der Waals surface area contributed by atoms with E-state index in [1.165, 1.54) is 0 Å². The summed E-state index contributed by atoms with van der Waals surface area (Å²) >= 11 is 0. The molecule has 2 aromatic rings. The third-order valence-electron chi connectivity index (χ3n) is 2.17. The fourth-order valence-electron chi connectivity index (χ4n) is 1.35. The first-order chi connectivity index (χ1) is 7.90. The van der Waals surface area contributed by atoms with Crippen molar-refractivity contribution in [1.82, 2.24) is 20.4 Å². The normalized spacial score (nSPS) is 10.6. The second kappa shape index (κ2) is 5.37. The Labute approximate surface area is 93.9 Å². The molecule has 16 heavy (non-hydrogen) atoms. The molecule has 0 saturated carbocycles. The summed E-state index contributed by atoms with van der Waals surface area (Å²) in [6.07, 6.45) is 4.18. The van der Waals surface area contributed by atoms with Gasteiger partial charge in [0.2, 0.25) is 11.7 Å². The molecule has 84 valence electrons. The number of hydrogen-bond acceptors (Lipinski definition) is 5. The highest BCUT2D eigenvalue weighted by atomic mass is 16.5. The van der Waals surface area contributed by atoms with Gasteiger partial charge in [0.1, 0.15) is 0 Å². The van der Waals surface area contributed by atoms with Crippen LogP contribution >= 0.6 is 0 Å². The van der Waals surface area contributed by atoms with E-state index in [4.69, 9.17) is 4.52 Å². The van der Waals surface area contributed by atoms with E-state index in [1.54, 1.807) is 12.4 Å². The van der Waals surface area contributed by atoms with Crippen LogP contribution in [0.4, 0.5) is 0 Å². The van der Waals surface area contributed by atoms with Gasteiger partial charge in [-0.25, -0.2) is 0 Å². The lowest BCUT2D eigenvalue weighted by molar-refractivity contribution is 0.377. The van der Waals surface area contributed by atoms with Crippen LogP contribution in [0.1, 0.15) is 12.8 Å². The molecule has 0 aromatic carbocycles. The van der Waals surface area contributed by atoms with Crippen LogP contribution in [0, 0.1) is 0 Å². The molecule has 0 radical (unpaired) electrons. The van der Waals surface area contributed by atoms with Gasteiger partial charge < -0.3 is 9.84 Å². The van der Waals surface area contributed by atoms with Crippen LogP contribution in [0.2, 0.25) is 0 Å². The molecule has 5 heteroatoms. The van der Waals surface area contributed by atoms with Crippen molar-refractivity contribution in [2.75, 3.05) is 13.1 Å². The Morgan fingerprint density at radius 3 is 2.88 bits per heavy atom. The predicted molar refractivity (Wildman–Crippen MR) is 59.8 cm³/mol. The van der Waals surface area contributed by atoms with E-state index in [0.717, 1.165) is 25.1 Å². The van der Waals surface area contributed by atoms with Crippen LogP contribution in [0.15, 0.2) is 29.0 Å². The third-order valence-corrected chi connectivity index (χ3v) is 2.17. The highest BCUT2D eigenvalue weighted by Gasteiger charge is 2.07. The Morgan fingerprint density at radius 2 is 2.12 bits per heavy atom. The molecule has 0 atom stereocenters. The summed E-state index contributed by atoms with van der Waals surface area (Å²) < 4.78 is 5.14. The minimum atomic E-state index is 0.619. The van der Waals surface area contributed by atoms with Gasteiger partial charge in [0.05, 0.1) is 0 Å². The average molecular weight is 218 g/mol. The van der Waals surface area contributed by atoms with Crippen molar-refractivity contribution in [2.45, 2.75) is 13.3 Å². The van der Waals surface area contributed by atoms with Crippen molar-refractivity contribution >= 4 is 0 Å². The van der Waals surface area contributed by atoms with Crippen LogP contribution in [0.25, 0.3) is 11.4 Å². The van der Waals surface area contributed by atoms with Crippen molar-refractivity contribution in [1.29, 1.82) is 0 Å². The molecule has 0 spiro atoms. The fourth-order valence-corrected chi connectivity index (χ4v) is 1.35. The van der Waals surface area contributed by atoms with E-state index in [0.29, 0.717) is 11.7 Å². The molecular weight excluding hydrogens is 204 g/mol. The SMILES string of the molecule is CCNCCc1nc(-c2ccncc2)no1. The van der Waals surface area contributed by atoms with Crippen LogP contribution in [0.3, 0.4) is 0 Å². The Bertz CT molecular complexity index is 427. The maximum Gasteiger partial charge on any atom is 0.228 e. The molecule has 0 unspecified atom stereocenters. The summed E-state index contributed by atoms with van der Waals surface area (Å²) in [6, 6.07) is 3.72. The molecule has 0 aliphatic rings. The van der Waals surface area contributed by atoms with E-state index in [-0.39, 0.29) is 0 Å². The number of rotatable bonds is 5. The van der Waals surface area contributed by atoms with Gasteiger partial charge in [-0.1, -0.05) is 12.1 Å². The summed E-state index contributed by atoms with van der Waals surface area (Å²) in [6.45, 7) is 3.87. The zero-order valence-electron chi connectivity index (χ0n) is 9.18. The van der Waals surface area contributed by atoms with Gasteiger partial charge in [-0.15, -0.1) is 0 Å². The fraction of sp³-hybridized carbons (Fsp3) is 0.364. The number of nitrogens with zero attached hydrogens (tertiary/aromatic N) is 3. The average Bonchev–Trinajstić information content (AvgIpc) is 2.79. The van der Waals surface area contributed by atoms with Gasteiger partial charge in [-0.2, -0.15) is 4.98 Å². The lowest BCUT2D eigenvalue weighted by atomic mass is 10.2. The van der Waals surface area contributed by atoms with Gasteiger partial charge >= 0.3 is 0 Å². The van der Waals surface area contributed by atoms with Crippen molar-refractivity contribution < 1.29 is 4.52 Å². The maximum absolute atomic E-state index is 5.14. The van der Waals surface area contributed by atoms with Crippen LogP contribution in [-0.2, 0) is 6.42 Å². The number of nitrogens with one attached hydrogen (secondary N) is 1. The zero-order valence-corrected chi connectivity index (χ0v) is 9.18. The zero-order chi connectivity index (χ0) is 11.2. The van der Waals surface area contributed by atoms with E-state index >= 15 is 0 Å². The molecule has 0 aliphatic carbocycles. The Kier molecular flexibility index (Phi) is 3.61. The first-order valence-electron chi connectivity index (χ1n) is 5.34. The van der Waals surface area contributed by atoms with Crippen molar-refractivity contribution in [3.63, 3.8) is 0 Å². The van der Waals surface area contributed by atoms with Gasteiger partial charge in [0.15, 0.2) is 0 Å². The largest absolute Gasteiger partial charge is 0.339 e. The minimum absolute atomic E-state index is 0.619. The first kappa shape index (κ1) is 10.8. The van der Waals surface area contributed by atoms with E-state index in [1.807, 2.05) is 12.1 Å². The minimum Gasteiger partial charge on any atom is -0.339 e. The number of hydrogen-bond donors (Lipinski definition) is 1. The first-order valence-corrected chi connectivity index (χ1v) is 5.34. The summed E-state index contributed by atoms with van der Waals surface area (Å²) in [5.41, 5.74) is 0.924. The predicted octanol–water partition coefficient (Wildman–Crippen LogP) is 1.28. The van der Waals surface area contributed by atoms with Crippen molar-refractivity contribution in [3.05, 3.63) is 30.4 Å². The molecular formula is C11H14N4O. The Hall–Kier alpha value is -1.75. The van der Waals surface area contributed by atoms with E-state index in [9.17, 15) is 0 Å². The smallest absolute Gasteiger partial charge is 0.228 e. The van der Waals surface area contributed by atoms with Crippen molar-refractivity contribution in [2.24, 2.45) is 0 Å². The molecule has 0 bridgehead atoms. The molecule has 2 aromatic heterocycles. The summed E-state index contributed by atoms with van der Waals surface area (Å²) in [5, 5.41) is 7.13. The molecule has 5 nitrogen and oxygen atoms in total.